The normalized spacial score (nSPS) is 15.3. The van der Waals surface area contributed by atoms with Gasteiger partial charge in [0.25, 0.3) is 0 Å². The molecular formula is C37H44F4. The Morgan fingerprint density at radius 3 is 1.73 bits per heavy atom. The highest BCUT2D eigenvalue weighted by atomic mass is 19.2. The predicted octanol–water partition coefficient (Wildman–Crippen LogP) is 12.2. The van der Waals surface area contributed by atoms with Gasteiger partial charge < -0.3 is 0 Å². The molecule has 0 aliphatic heterocycles. The highest BCUT2D eigenvalue weighted by molar-refractivity contribution is 5.74. The fourth-order valence-electron chi connectivity index (χ4n) is 6.03. The van der Waals surface area contributed by atoms with Crippen LogP contribution in [0.3, 0.4) is 0 Å². The number of aryl methyl sites for hydroxylation is 1. The molecule has 0 N–H and O–H groups in total. The zero-order chi connectivity index (χ0) is 29.2. The zero-order valence-electron chi connectivity index (χ0n) is 24.7. The lowest BCUT2D eigenvalue weighted by molar-refractivity contribution is 0.422. The maximum Gasteiger partial charge on any atom is 0.167 e. The van der Waals surface area contributed by atoms with Crippen LogP contribution in [0.2, 0.25) is 0 Å². The number of hydrogen-bond donors (Lipinski definition) is 0. The molecule has 4 heteroatoms. The number of rotatable bonds is 14. The maximum atomic E-state index is 15.3. The molecule has 1 unspecified atom stereocenters. The van der Waals surface area contributed by atoms with Crippen molar-refractivity contribution in [3.63, 3.8) is 0 Å². The molecule has 0 nitrogen and oxygen atoms in total. The van der Waals surface area contributed by atoms with Crippen molar-refractivity contribution in [1.82, 2.24) is 0 Å². The Bertz CT molecular complexity index is 1310. The van der Waals surface area contributed by atoms with Gasteiger partial charge in [0.2, 0.25) is 0 Å². The predicted molar refractivity (Wildman–Crippen MR) is 164 cm³/mol. The van der Waals surface area contributed by atoms with Crippen molar-refractivity contribution < 1.29 is 17.6 Å². The van der Waals surface area contributed by atoms with E-state index in [4.69, 9.17) is 0 Å². The van der Waals surface area contributed by atoms with Gasteiger partial charge in [-0.05, 0) is 60.3 Å². The van der Waals surface area contributed by atoms with Gasteiger partial charge in [0.05, 0.1) is 0 Å². The van der Waals surface area contributed by atoms with Crippen molar-refractivity contribution in [1.29, 1.82) is 0 Å². The van der Waals surface area contributed by atoms with Gasteiger partial charge in [-0.1, -0.05) is 126 Å². The van der Waals surface area contributed by atoms with Gasteiger partial charge in [0.1, 0.15) is 0 Å². The Morgan fingerprint density at radius 2 is 1.12 bits per heavy atom. The summed E-state index contributed by atoms with van der Waals surface area (Å²) in [6.07, 6.45) is 16.9. The fourth-order valence-corrected chi connectivity index (χ4v) is 6.03. The zero-order valence-corrected chi connectivity index (χ0v) is 24.7. The van der Waals surface area contributed by atoms with Crippen molar-refractivity contribution in [3.8, 4) is 22.3 Å². The van der Waals surface area contributed by atoms with Crippen LogP contribution in [0.5, 0.6) is 0 Å². The summed E-state index contributed by atoms with van der Waals surface area (Å²) >= 11 is 0. The van der Waals surface area contributed by atoms with E-state index in [2.05, 4.69) is 19.9 Å². The van der Waals surface area contributed by atoms with Crippen LogP contribution in [0.4, 0.5) is 17.6 Å². The SMILES string of the molecule is CCCCCCCC1CC=C(c2ccc(-c3ccc(-c4ccc(CCCCCC)c(F)c4F)cc3)c(F)c2F)CC1. The standard InChI is InChI=1S/C37H44F4/c1-3-5-7-9-10-12-26-14-16-27(17-15-26)32-24-25-33(37(41)36(32)40)29-20-18-28(19-21-29)31-23-22-30(34(38)35(31)39)13-11-8-6-4-2/h16,18-26H,3-15,17H2,1-2H3. The molecule has 1 aliphatic carbocycles. The molecule has 0 radical (unpaired) electrons. The Hall–Kier alpha value is -2.88. The Balaban J connectivity index is 1.43. The van der Waals surface area contributed by atoms with Gasteiger partial charge >= 0.3 is 0 Å². The first kappa shape index (κ1) is 31.1. The van der Waals surface area contributed by atoms with E-state index < -0.39 is 23.3 Å². The monoisotopic (exact) mass is 564 g/mol. The minimum atomic E-state index is -0.876. The van der Waals surface area contributed by atoms with E-state index >= 15 is 8.78 Å². The second-order valence-electron chi connectivity index (χ2n) is 11.6. The summed E-state index contributed by atoms with van der Waals surface area (Å²) in [5.41, 5.74) is 2.93. The molecule has 0 heterocycles. The lowest BCUT2D eigenvalue weighted by Crippen LogP contribution is -2.07. The molecule has 4 rings (SSSR count). The summed E-state index contributed by atoms with van der Waals surface area (Å²) < 4.78 is 60.2. The van der Waals surface area contributed by atoms with Crippen molar-refractivity contribution in [2.75, 3.05) is 0 Å². The molecule has 41 heavy (non-hydrogen) atoms. The average Bonchev–Trinajstić information content (AvgIpc) is 2.99. The van der Waals surface area contributed by atoms with Crippen LogP contribution in [0, 0.1) is 29.2 Å². The third kappa shape index (κ3) is 7.90. The van der Waals surface area contributed by atoms with Crippen LogP contribution in [-0.4, -0.2) is 0 Å². The summed E-state index contributed by atoms with van der Waals surface area (Å²) in [5.74, 6) is -2.74. The van der Waals surface area contributed by atoms with Crippen LogP contribution < -0.4 is 0 Å². The van der Waals surface area contributed by atoms with Gasteiger partial charge in [-0.3, -0.25) is 0 Å². The Kier molecular flexibility index (Phi) is 11.7. The van der Waals surface area contributed by atoms with E-state index in [0.29, 0.717) is 34.6 Å². The van der Waals surface area contributed by atoms with E-state index in [9.17, 15) is 8.78 Å². The topological polar surface area (TPSA) is 0 Å². The summed E-state index contributed by atoms with van der Waals surface area (Å²) in [7, 11) is 0. The van der Waals surface area contributed by atoms with E-state index in [1.807, 2.05) is 0 Å². The summed E-state index contributed by atoms with van der Waals surface area (Å²) in [4.78, 5) is 0. The largest absolute Gasteiger partial charge is 0.203 e. The van der Waals surface area contributed by atoms with Gasteiger partial charge in [-0.15, -0.1) is 0 Å². The molecular weight excluding hydrogens is 520 g/mol. The minimum Gasteiger partial charge on any atom is -0.203 e. The molecule has 0 spiro atoms. The van der Waals surface area contributed by atoms with E-state index in [1.165, 1.54) is 38.5 Å². The number of allylic oxidation sites excluding steroid dienone is 2. The third-order valence-electron chi connectivity index (χ3n) is 8.63. The van der Waals surface area contributed by atoms with Gasteiger partial charge in [-0.25, -0.2) is 17.6 Å². The first-order valence-electron chi connectivity index (χ1n) is 15.7. The highest BCUT2D eigenvalue weighted by Crippen LogP contribution is 2.37. The highest BCUT2D eigenvalue weighted by Gasteiger charge is 2.21. The van der Waals surface area contributed by atoms with Crippen LogP contribution in [0.1, 0.15) is 108 Å². The Morgan fingerprint density at radius 1 is 0.585 bits per heavy atom. The molecule has 0 aromatic heterocycles. The van der Waals surface area contributed by atoms with Crippen molar-refractivity contribution in [3.05, 3.63) is 89.0 Å². The molecule has 1 atom stereocenters. The number of unbranched alkanes of at least 4 members (excludes halogenated alkanes) is 7. The lowest BCUT2D eigenvalue weighted by Gasteiger charge is -2.22. The molecule has 3 aromatic rings. The smallest absolute Gasteiger partial charge is 0.167 e. The first-order chi connectivity index (χ1) is 19.9. The molecule has 0 bridgehead atoms. The minimum absolute atomic E-state index is 0.160. The second-order valence-corrected chi connectivity index (χ2v) is 11.6. The molecule has 0 fully saturated rings. The maximum absolute atomic E-state index is 15.3. The average molecular weight is 565 g/mol. The number of hydrogen-bond acceptors (Lipinski definition) is 0. The van der Waals surface area contributed by atoms with Crippen molar-refractivity contribution in [2.24, 2.45) is 5.92 Å². The number of benzene rings is 3. The van der Waals surface area contributed by atoms with E-state index in [0.717, 1.165) is 50.5 Å². The molecule has 0 amide bonds. The second kappa shape index (κ2) is 15.4. The van der Waals surface area contributed by atoms with Crippen LogP contribution in [0.15, 0.2) is 54.6 Å². The summed E-state index contributed by atoms with van der Waals surface area (Å²) in [5, 5.41) is 0. The van der Waals surface area contributed by atoms with Gasteiger partial charge in [0, 0.05) is 16.7 Å². The summed E-state index contributed by atoms with van der Waals surface area (Å²) in [6.45, 7) is 4.33. The van der Waals surface area contributed by atoms with Crippen molar-refractivity contribution in [2.45, 2.75) is 104 Å². The molecule has 3 aromatic carbocycles. The van der Waals surface area contributed by atoms with E-state index in [1.54, 1.807) is 48.5 Å². The Labute approximate surface area is 243 Å². The third-order valence-corrected chi connectivity index (χ3v) is 8.63. The summed E-state index contributed by atoms with van der Waals surface area (Å²) in [6, 6.07) is 13.1. The fraction of sp³-hybridized carbons (Fsp3) is 0.459. The molecule has 0 saturated heterocycles. The molecule has 0 saturated carbocycles. The van der Waals surface area contributed by atoms with Crippen LogP contribution >= 0.6 is 0 Å². The van der Waals surface area contributed by atoms with Gasteiger partial charge in [-0.2, -0.15) is 0 Å². The van der Waals surface area contributed by atoms with Gasteiger partial charge in [0.15, 0.2) is 23.3 Å². The number of halogens is 4. The molecule has 1 aliphatic rings. The van der Waals surface area contributed by atoms with Crippen molar-refractivity contribution >= 4 is 5.57 Å². The van der Waals surface area contributed by atoms with Crippen LogP contribution in [0.25, 0.3) is 27.8 Å². The quantitative estimate of drug-likeness (QED) is 0.135. The van der Waals surface area contributed by atoms with E-state index in [-0.39, 0.29) is 11.1 Å². The first-order valence-corrected chi connectivity index (χ1v) is 15.7. The lowest BCUT2D eigenvalue weighted by atomic mass is 9.83. The molecule has 220 valence electrons. The van der Waals surface area contributed by atoms with Crippen LogP contribution in [-0.2, 0) is 6.42 Å².